The van der Waals surface area contributed by atoms with E-state index in [1.165, 1.54) is 28.8 Å². The molecular formula is C23H24FN3O2S. The van der Waals surface area contributed by atoms with Gasteiger partial charge < -0.3 is 4.90 Å². The zero-order chi connectivity index (χ0) is 21.5. The molecule has 30 heavy (non-hydrogen) atoms. The van der Waals surface area contributed by atoms with E-state index in [-0.39, 0.29) is 17.6 Å². The van der Waals surface area contributed by atoms with Crippen LogP contribution in [0.2, 0.25) is 0 Å². The van der Waals surface area contributed by atoms with E-state index in [9.17, 15) is 14.0 Å². The Morgan fingerprint density at radius 1 is 1.10 bits per heavy atom. The van der Waals surface area contributed by atoms with Gasteiger partial charge in [0.1, 0.15) is 11.5 Å². The van der Waals surface area contributed by atoms with Gasteiger partial charge in [-0.2, -0.15) is 0 Å². The quantitative estimate of drug-likeness (QED) is 0.483. The summed E-state index contributed by atoms with van der Waals surface area (Å²) in [4.78, 5) is 32.4. The van der Waals surface area contributed by atoms with Crippen LogP contribution < -0.4 is 4.90 Å². The minimum absolute atomic E-state index is 0.106. The van der Waals surface area contributed by atoms with Gasteiger partial charge in [0, 0.05) is 26.3 Å². The van der Waals surface area contributed by atoms with Gasteiger partial charge in [0.2, 0.25) is 5.91 Å². The van der Waals surface area contributed by atoms with Crippen molar-refractivity contribution in [3.05, 3.63) is 71.7 Å². The standard InChI is InChI=1S/C23H24FN3O2S/c1-26(2)21(28)10-6-7-15-30-23-25-20(16-17-8-4-3-5-9-17)22(29)27(23)19-13-11-18(24)12-14-19/h3-5,8-9,11-14,16H,6-7,10,15H2,1-2H3. The molecule has 0 unspecified atom stereocenters. The number of amidine groups is 1. The molecule has 5 nitrogen and oxygen atoms in total. The fourth-order valence-electron chi connectivity index (χ4n) is 2.88. The molecule has 0 saturated heterocycles. The number of hydrogen-bond donors (Lipinski definition) is 0. The van der Waals surface area contributed by atoms with E-state index in [4.69, 9.17) is 0 Å². The Bertz CT molecular complexity index is 956. The van der Waals surface area contributed by atoms with Gasteiger partial charge in [0.25, 0.3) is 5.91 Å². The number of anilines is 1. The summed E-state index contributed by atoms with van der Waals surface area (Å²) in [5.41, 5.74) is 1.81. The Hall–Kier alpha value is -2.93. The Balaban J connectivity index is 1.74. The van der Waals surface area contributed by atoms with E-state index in [1.54, 1.807) is 37.2 Å². The maximum atomic E-state index is 13.4. The predicted molar refractivity (Wildman–Crippen MR) is 121 cm³/mol. The fourth-order valence-corrected chi connectivity index (χ4v) is 3.89. The van der Waals surface area contributed by atoms with Crippen LogP contribution in [-0.2, 0) is 9.59 Å². The molecule has 1 aliphatic heterocycles. The Morgan fingerprint density at radius 3 is 2.47 bits per heavy atom. The lowest BCUT2D eigenvalue weighted by molar-refractivity contribution is -0.128. The van der Waals surface area contributed by atoms with Gasteiger partial charge in [-0.1, -0.05) is 42.1 Å². The number of thioether (sulfide) groups is 1. The highest BCUT2D eigenvalue weighted by molar-refractivity contribution is 8.14. The van der Waals surface area contributed by atoms with E-state index >= 15 is 0 Å². The number of carbonyl (C=O) groups excluding carboxylic acids is 2. The lowest BCUT2D eigenvalue weighted by Gasteiger charge is -2.17. The molecule has 0 aromatic heterocycles. The number of halogens is 1. The van der Waals surface area contributed by atoms with E-state index < -0.39 is 0 Å². The van der Waals surface area contributed by atoms with Crippen molar-refractivity contribution in [2.75, 3.05) is 24.7 Å². The highest BCUT2D eigenvalue weighted by Gasteiger charge is 2.31. The van der Waals surface area contributed by atoms with Crippen LogP contribution in [-0.4, -0.2) is 41.7 Å². The zero-order valence-corrected chi connectivity index (χ0v) is 17.9. The molecule has 0 spiro atoms. The summed E-state index contributed by atoms with van der Waals surface area (Å²) in [6, 6.07) is 15.3. The summed E-state index contributed by atoms with van der Waals surface area (Å²) in [7, 11) is 3.49. The predicted octanol–water partition coefficient (Wildman–Crippen LogP) is 4.56. The van der Waals surface area contributed by atoms with Crippen LogP contribution in [0.5, 0.6) is 0 Å². The van der Waals surface area contributed by atoms with E-state index in [0.717, 1.165) is 24.2 Å². The maximum Gasteiger partial charge on any atom is 0.283 e. The van der Waals surface area contributed by atoms with Crippen molar-refractivity contribution in [2.45, 2.75) is 19.3 Å². The molecule has 1 aliphatic rings. The summed E-state index contributed by atoms with van der Waals surface area (Å²) < 4.78 is 13.4. The molecule has 1 heterocycles. The average Bonchev–Trinajstić information content (AvgIpc) is 3.04. The first kappa shape index (κ1) is 21.8. The minimum atomic E-state index is -0.359. The van der Waals surface area contributed by atoms with Gasteiger partial charge in [0.15, 0.2) is 5.17 Å². The number of hydrogen-bond acceptors (Lipinski definition) is 4. The molecular weight excluding hydrogens is 401 g/mol. The second-order valence-electron chi connectivity index (χ2n) is 7.05. The molecule has 156 valence electrons. The summed E-state index contributed by atoms with van der Waals surface area (Å²) in [5, 5.41) is 0.563. The number of amides is 2. The third-order valence-electron chi connectivity index (χ3n) is 4.53. The van der Waals surface area contributed by atoms with Crippen LogP contribution in [0, 0.1) is 5.82 Å². The Morgan fingerprint density at radius 2 is 1.80 bits per heavy atom. The van der Waals surface area contributed by atoms with Crippen LogP contribution in [0.25, 0.3) is 6.08 Å². The van der Waals surface area contributed by atoms with E-state index in [0.29, 0.717) is 23.0 Å². The number of unbranched alkanes of at least 4 members (excludes halogenated alkanes) is 1. The van der Waals surface area contributed by atoms with E-state index in [1.807, 2.05) is 30.3 Å². The summed E-state index contributed by atoms with van der Waals surface area (Å²) >= 11 is 1.46. The van der Waals surface area contributed by atoms with Crippen molar-refractivity contribution < 1.29 is 14.0 Å². The molecule has 0 atom stereocenters. The largest absolute Gasteiger partial charge is 0.349 e. The molecule has 2 aromatic rings. The van der Waals surface area contributed by atoms with Crippen molar-refractivity contribution >= 4 is 40.5 Å². The van der Waals surface area contributed by atoms with Crippen LogP contribution in [0.1, 0.15) is 24.8 Å². The van der Waals surface area contributed by atoms with Gasteiger partial charge in [-0.3, -0.25) is 14.5 Å². The first-order valence-corrected chi connectivity index (χ1v) is 10.7. The lowest BCUT2D eigenvalue weighted by Crippen LogP contribution is -2.30. The Labute approximate surface area is 180 Å². The van der Waals surface area contributed by atoms with Gasteiger partial charge in [0.05, 0.1) is 5.69 Å². The molecule has 0 radical (unpaired) electrons. The number of rotatable bonds is 7. The first-order chi connectivity index (χ1) is 14.5. The van der Waals surface area contributed by atoms with Crippen LogP contribution >= 0.6 is 11.8 Å². The number of carbonyl (C=O) groups is 2. The monoisotopic (exact) mass is 425 g/mol. The van der Waals surface area contributed by atoms with E-state index in [2.05, 4.69) is 4.99 Å². The third kappa shape index (κ3) is 5.57. The summed E-state index contributed by atoms with van der Waals surface area (Å²) in [6.07, 6.45) is 3.85. The van der Waals surface area contributed by atoms with Gasteiger partial charge in [-0.25, -0.2) is 9.38 Å². The van der Waals surface area contributed by atoms with Gasteiger partial charge in [-0.05, 0) is 48.7 Å². The Kier molecular flexibility index (Phi) is 7.41. The number of benzene rings is 2. The topological polar surface area (TPSA) is 53.0 Å². The van der Waals surface area contributed by atoms with Crippen molar-refractivity contribution in [1.29, 1.82) is 0 Å². The lowest BCUT2D eigenvalue weighted by atomic mass is 10.2. The molecule has 0 N–H and O–H groups in total. The second-order valence-corrected chi connectivity index (χ2v) is 8.11. The van der Waals surface area contributed by atoms with Crippen LogP contribution in [0.15, 0.2) is 65.3 Å². The van der Waals surface area contributed by atoms with Crippen molar-refractivity contribution in [3.8, 4) is 0 Å². The van der Waals surface area contributed by atoms with Crippen LogP contribution in [0.3, 0.4) is 0 Å². The van der Waals surface area contributed by atoms with Gasteiger partial charge >= 0.3 is 0 Å². The highest BCUT2D eigenvalue weighted by atomic mass is 32.2. The molecule has 7 heteroatoms. The number of aliphatic imine (C=N–C) groups is 1. The average molecular weight is 426 g/mol. The normalized spacial score (nSPS) is 14.9. The fraction of sp³-hybridized carbons (Fsp3) is 0.261. The molecule has 2 aromatic carbocycles. The molecule has 3 rings (SSSR count). The van der Waals surface area contributed by atoms with Crippen molar-refractivity contribution in [3.63, 3.8) is 0 Å². The third-order valence-corrected chi connectivity index (χ3v) is 5.56. The summed E-state index contributed by atoms with van der Waals surface area (Å²) in [5.74, 6) is 0.232. The minimum Gasteiger partial charge on any atom is -0.349 e. The summed E-state index contributed by atoms with van der Waals surface area (Å²) in [6.45, 7) is 0. The highest BCUT2D eigenvalue weighted by Crippen LogP contribution is 2.30. The molecule has 0 saturated carbocycles. The second kappa shape index (κ2) is 10.2. The zero-order valence-electron chi connectivity index (χ0n) is 17.0. The first-order valence-electron chi connectivity index (χ1n) is 9.74. The SMILES string of the molecule is CN(C)C(=O)CCCCSC1=NC(=Cc2ccccc2)C(=O)N1c1ccc(F)cc1. The maximum absolute atomic E-state index is 13.4. The smallest absolute Gasteiger partial charge is 0.283 e. The number of nitrogens with zero attached hydrogens (tertiary/aromatic N) is 3. The van der Waals surface area contributed by atoms with Gasteiger partial charge in [-0.15, -0.1) is 0 Å². The van der Waals surface area contributed by atoms with Crippen molar-refractivity contribution in [2.24, 2.45) is 4.99 Å². The van der Waals surface area contributed by atoms with Crippen LogP contribution in [0.4, 0.5) is 10.1 Å². The molecule has 0 fully saturated rings. The molecule has 0 aliphatic carbocycles. The molecule has 2 amide bonds. The van der Waals surface area contributed by atoms with Crippen molar-refractivity contribution in [1.82, 2.24) is 4.90 Å². The molecule has 0 bridgehead atoms.